The minimum absolute atomic E-state index is 0.198. The van der Waals surface area contributed by atoms with Crippen LogP contribution >= 0.6 is 0 Å². The van der Waals surface area contributed by atoms with E-state index in [9.17, 15) is 19.2 Å². The van der Waals surface area contributed by atoms with Gasteiger partial charge in [-0.1, -0.05) is 44.2 Å². The van der Waals surface area contributed by atoms with Crippen molar-refractivity contribution in [3.05, 3.63) is 65.7 Å². The van der Waals surface area contributed by atoms with Crippen molar-refractivity contribution in [2.24, 2.45) is 29.6 Å². The Balaban J connectivity index is 1.35. The SMILES string of the molecule is CC(C)COC(=O)c1ccc(NC(=O)[C@@H](Cc2ccccc2)N2C(=O)[C@@H]3[C@@H]4CC[C@@H](C4)[C@@H]3C2=O)cc1. The van der Waals surface area contributed by atoms with Crippen molar-refractivity contribution in [2.45, 2.75) is 45.6 Å². The molecule has 0 aromatic heterocycles. The highest BCUT2D eigenvalue weighted by Crippen LogP contribution is 2.56. The summed E-state index contributed by atoms with van der Waals surface area (Å²) in [5, 5.41) is 2.86. The molecular weight excluding hydrogens is 456 g/mol. The van der Waals surface area contributed by atoms with Crippen molar-refractivity contribution < 1.29 is 23.9 Å². The third-order valence-corrected chi connectivity index (χ3v) is 7.78. The molecule has 1 saturated heterocycles. The van der Waals surface area contributed by atoms with E-state index < -0.39 is 17.9 Å². The van der Waals surface area contributed by atoms with Crippen LogP contribution in [0.1, 0.15) is 49.0 Å². The molecule has 0 spiro atoms. The van der Waals surface area contributed by atoms with E-state index >= 15 is 0 Å². The number of benzene rings is 2. The number of esters is 1. The zero-order chi connectivity index (χ0) is 25.4. The summed E-state index contributed by atoms with van der Waals surface area (Å²) in [6, 6.07) is 15.0. The monoisotopic (exact) mass is 488 g/mol. The number of carbonyl (C=O) groups excluding carboxylic acids is 4. The molecule has 0 unspecified atom stereocenters. The Kier molecular flexibility index (Phi) is 6.65. The zero-order valence-electron chi connectivity index (χ0n) is 20.7. The van der Waals surface area contributed by atoms with Crippen molar-refractivity contribution >= 4 is 29.4 Å². The lowest BCUT2D eigenvalue weighted by atomic mass is 9.81. The Hall–Kier alpha value is -3.48. The second-order valence-electron chi connectivity index (χ2n) is 10.7. The minimum Gasteiger partial charge on any atom is -0.462 e. The smallest absolute Gasteiger partial charge is 0.338 e. The minimum atomic E-state index is -0.937. The number of hydrogen-bond acceptors (Lipinski definition) is 5. The summed E-state index contributed by atoms with van der Waals surface area (Å²) in [4.78, 5) is 54.0. The summed E-state index contributed by atoms with van der Waals surface area (Å²) in [5.41, 5.74) is 1.75. The van der Waals surface area contributed by atoms with Crippen molar-refractivity contribution in [1.82, 2.24) is 4.90 Å². The van der Waals surface area contributed by atoms with Gasteiger partial charge in [0.2, 0.25) is 17.7 Å². The molecule has 2 bridgehead atoms. The second kappa shape index (κ2) is 9.88. The number of nitrogens with one attached hydrogen (secondary N) is 1. The van der Waals surface area contributed by atoms with Gasteiger partial charge in [-0.05, 0) is 66.8 Å². The largest absolute Gasteiger partial charge is 0.462 e. The van der Waals surface area contributed by atoms with Crippen LogP contribution in [-0.4, -0.2) is 41.2 Å². The molecule has 7 heteroatoms. The van der Waals surface area contributed by atoms with E-state index in [-0.39, 0.29) is 47.8 Å². The molecule has 0 radical (unpaired) electrons. The molecule has 2 aromatic carbocycles. The van der Waals surface area contributed by atoms with Gasteiger partial charge in [-0.15, -0.1) is 0 Å². The number of likely N-dealkylation sites (tertiary alicyclic amines) is 1. The maximum Gasteiger partial charge on any atom is 0.338 e. The summed E-state index contributed by atoms with van der Waals surface area (Å²) in [7, 11) is 0. The molecule has 3 amide bonds. The van der Waals surface area contributed by atoms with Crippen molar-refractivity contribution in [2.75, 3.05) is 11.9 Å². The number of carbonyl (C=O) groups is 4. The van der Waals surface area contributed by atoms with Crippen LogP contribution in [-0.2, 0) is 25.5 Å². The summed E-state index contributed by atoms with van der Waals surface area (Å²) in [5.74, 6) is -1.04. The van der Waals surface area contributed by atoms with Crippen molar-refractivity contribution in [1.29, 1.82) is 0 Å². The summed E-state index contributed by atoms with van der Waals surface area (Å²) in [6.07, 6.45) is 3.17. The zero-order valence-corrected chi connectivity index (χ0v) is 20.7. The van der Waals surface area contributed by atoms with Gasteiger partial charge in [0, 0.05) is 12.1 Å². The molecule has 2 aliphatic carbocycles. The van der Waals surface area contributed by atoms with E-state index in [1.165, 1.54) is 4.90 Å². The molecule has 188 valence electrons. The van der Waals surface area contributed by atoms with Gasteiger partial charge < -0.3 is 10.1 Å². The molecular formula is C29H32N2O5. The Morgan fingerprint density at radius 3 is 2.14 bits per heavy atom. The van der Waals surface area contributed by atoms with Crippen LogP contribution in [0.25, 0.3) is 0 Å². The summed E-state index contributed by atoms with van der Waals surface area (Å²) < 4.78 is 5.26. The number of anilines is 1. The lowest BCUT2D eigenvalue weighted by molar-refractivity contribution is -0.147. The normalized spacial score (nSPS) is 25.2. The molecule has 2 saturated carbocycles. The fourth-order valence-corrected chi connectivity index (χ4v) is 6.12. The maximum absolute atomic E-state index is 13.5. The second-order valence-corrected chi connectivity index (χ2v) is 10.7. The number of ether oxygens (including phenoxy) is 1. The summed E-state index contributed by atoms with van der Waals surface area (Å²) >= 11 is 0. The molecule has 1 N–H and O–H groups in total. The maximum atomic E-state index is 13.5. The standard InChI is InChI=1S/C29H32N2O5/c1-17(2)16-36-29(35)19-10-12-22(13-11-19)30-26(32)23(14-18-6-4-3-5-7-18)31-27(33)24-20-8-9-21(15-20)25(24)28(31)34/h3-7,10-13,17,20-21,23-25H,8-9,14-16H2,1-2H3,(H,30,32)/t20-,21+,23-,24-,25+/m1/s1. The van der Waals surface area contributed by atoms with Crippen LogP contribution in [0.3, 0.4) is 0 Å². The molecule has 7 nitrogen and oxygen atoms in total. The molecule has 3 aliphatic rings. The van der Waals surface area contributed by atoms with Crippen molar-refractivity contribution in [3.63, 3.8) is 0 Å². The quantitative estimate of drug-likeness (QED) is 0.447. The van der Waals surface area contributed by atoms with Crippen LogP contribution in [0.5, 0.6) is 0 Å². The van der Waals surface area contributed by atoms with Gasteiger partial charge in [0.1, 0.15) is 6.04 Å². The Morgan fingerprint density at radius 1 is 0.944 bits per heavy atom. The van der Waals surface area contributed by atoms with Gasteiger partial charge in [-0.2, -0.15) is 0 Å². The van der Waals surface area contributed by atoms with E-state index in [4.69, 9.17) is 4.74 Å². The highest BCUT2D eigenvalue weighted by Gasteiger charge is 2.62. The predicted octanol–water partition coefficient (Wildman–Crippen LogP) is 4.08. The lowest BCUT2D eigenvalue weighted by Crippen LogP contribution is -2.49. The van der Waals surface area contributed by atoms with Gasteiger partial charge in [0.15, 0.2) is 0 Å². The average molecular weight is 489 g/mol. The highest BCUT2D eigenvalue weighted by atomic mass is 16.5. The first-order valence-electron chi connectivity index (χ1n) is 12.8. The van der Waals surface area contributed by atoms with E-state index in [0.29, 0.717) is 17.9 Å². The van der Waals surface area contributed by atoms with Gasteiger partial charge in [0.25, 0.3) is 0 Å². The molecule has 2 aromatic rings. The number of fused-ring (bicyclic) bond motifs is 5. The van der Waals surface area contributed by atoms with Crippen LogP contribution in [0, 0.1) is 29.6 Å². The molecule has 1 aliphatic heterocycles. The third-order valence-electron chi connectivity index (χ3n) is 7.78. The van der Waals surface area contributed by atoms with Gasteiger partial charge >= 0.3 is 5.97 Å². The van der Waals surface area contributed by atoms with Crippen LogP contribution < -0.4 is 5.32 Å². The van der Waals surface area contributed by atoms with E-state index in [1.54, 1.807) is 24.3 Å². The topological polar surface area (TPSA) is 92.8 Å². The predicted molar refractivity (Wildman–Crippen MR) is 134 cm³/mol. The molecule has 5 rings (SSSR count). The number of amides is 3. The van der Waals surface area contributed by atoms with E-state index in [2.05, 4.69) is 5.32 Å². The molecule has 5 atom stereocenters. The number of imide groups is 1. The molecule has 1 heterocycles. The fourth-order valence-electron chi connectivity index (χ4n) is 6.12. The molecule has 36 heavy (non-hydrogen) atoms. The average Bonchev–Trinajstić information content (AvgIpc) is 3.56. The highest BCUT2D eigenvalue weighted by molar-refractivity contribution is 6.10. The lowest BCUT2D eigenvalue weighted by Gasteiger charge is -2.27. The summed E-state index contributed by atoms with van der Waals surface area (Å²) in [6.45, 7) is 4.26. The van der Waals surface area contributed by atoms with Gasteiger partial charge in [0.05, 0.1) is 24.0 Å². The van der Waals surface area contributed by atoms with E-state index in [0.717, 1.165) is 24.8 Å². The number of hydrogen-bond donors (Lipinski definition) is 1. The number of nitrogens with zero attached hydrogens (tertiary/aromatic N) is 1. The van der Waals surface area contributed by atoms with Crippen LogP contribution in [0.2, 0.25) is 0 Å². The Labute approximate surface area is 211 Å². The molecule has 3 fully saturated rings. The van der Waals surface area contributed by atoms with Crippen LogP contribution in [0.4, 0.5) is 5.69 Å². The number of rotatable bonds is 8. The van der Waals surface area contributed by atoms with Gasteiger partial charge in [-0.25, -0.2) is 4.79 Å². The third kappa shape index (κ3) is 4.54. The Bertz CT molecular complexity index is 1130. The first kappa shape index (κ1) is 24.2. The van der Waals surface area contributed by atoms with E-state index in [1.807, 2.05) is 44.2 Å². The first-order valence-corrected chi connectivity index (χ1v) is 12.8. The van der Waals surface area contributed by atoms with Crippen molar-refractivity contribution in [3.8, 4) is 0 Å². The van der Waals surface area contributed by atoms with Gasteiger partial charge in [-0.3, -0.25) is 19.3 Å². The van der Waals surface area contributed by atoms with Crippen LogP contribution in [0.15, 0.2) is 54.6 Å². The first-order chi connectivity index (χ1) is 17.3. The Morgan fingerprint density at radius 2 is 1.56 bits per heavy atom. The fraction of sp³-hybridized carbons (Fsp3) is 0.448.